The molecule has 3 aromatic rings. The van der Waals surface area contributed by atoms with Crippen molar-refractivity contribution in [3.8, 4) is 5.75 Å². The van der Waals surface area contributed by atoms with E-state index in [1.807, 2.05) is 67.4 Å². The molecule has 0 aliphatic carbocycles. The number of amidine groups is 1. The number of ether oxygens (including phenoxy) is 1. The van der Waals surface area contributed by atoms with Crippen molar-refractivity contribution in [2.24, 2.45) is 4.99 Å². The van der Waals surface area contributed by atoms with Crippen molar-refractivity contribution >= 4 is 28.5 Å². The lowest BCUT2D eigenvalue weighted by Gasteiger charge is -2.24. The van der Waals surface area contributed by atoms with Crippen molar-refractivity contribution in [3.63, 3.8) is 0 Å². The third-order valence-corrected chi connectivity index (χ3v) is 5.98. The Balaban J connectivity index is 1.61. The standard InChI is InChI=1S/C27H30N5O3/c1-6-22-26(28-7-2)31(8-3)25-21(27(33)30(22)4)17-19(18-29-25)14-16-35-24-13-15-32(34-5)23-12-10-9-11-20(23)24/h6-7,9-13,15,17-18H,2,8,14,16H2,1,3-5H3/q+1/b22-6+,28-26?. The maximum absolute atomic E-state index is 13.4. The first-order valence-electron chi connectivity index (χ1n) is 11.5. The molecule has 0 bridgehead atoms. The summed E-state index contributed by atoms with van der Waals surface area (Å²) < 4.78 is 7.82. The molecule has 0 spiro atoms. The molecule has 4 rings (SSSR count). The molecule has 1 aliphatic rings. The van der Waals surface area contributed by atoms with Crippen LogP contribution in [0.3, 0.4) is 0 Å². The third kappa shape index (κ3) is 4.47. The van der Waals surface area contributed by atoms with Crippen molar-refractivity contribution in [1.82, 2.24) is 9.88 Å². The fraction of sp³-hybridized carbons (Fsp3) is 0.259. The molecule has 0 saturated carbocycles. The number of para-hydroxylation sites is 1. The van der Waals surface area contributed by atoms with E-state index in [-0.39, 0.29) is 5.91 Å². The highest BCUT2D eigenvalue weighted by molar-refractivity contribution is 6.17. The predicted octanol–water partition coefficient (Wildman–Crippen LogP) is 3.56. The Hall–Kier alpha value is -4.20. The summed E-state index contributed by atoms with van der Waals surface area (Å²) in [6, 6.07) is 11.7. The van der Waals surface area contributed by atoms with Crippen LogP contribution in [0.4, 0.5) is 5.82 Å². The molecule has 180 valence electrons. The van der Waals surface area contributed by atoms with Crippen LogP contribution in [-0.4, -0.2) is 48.9 Å². The summed E-state index contributed by atoms with van der Waals surface area (Å²) in [5.41, 5.74) is 3.08. The first kappa shape index (κ1) is 23.9. The van der Waals surface area contributed by atoms with Crippen LogP contribution in [0.25, 0.3) is 10.9 Å². The fourth-order valence-corrected chi connectivity index (χ4v) is 4.28. The van der Waals surface area contributed by atoms with Crippen molar-refractivity contribution in [1.29, 1.82) is 0 Å². The molecule has 3 heterocycles. The number of fused-ring (bicyclic) bond motifs is 2. The van der Waals surface area contributed by atoms with Crippen LogP contribution in [0.2, 0.25) is 0 Å². The van der Waals surface area contributed by atoms with Gasteiger partial charge in [-0.15, -0.1) is 0 Å². The molecule has 8 heteroatoms. The van der Waals surface area contributed by atoms with E-state index in [0.29, 0.717) is 42.5 Å². The van der Waals surface area contributed by atoms with Crippen LogP contribution < -0.4 is 19.2 Å². The molecule has 1 aromatic carbocycles. The van der Waals surface area contributed by atoms with E-state index in [9.17, 15) is 4.79 Å². The van der Waals surface area contributed by atoms with Crippen LogP contribution in [0.1, 0.15) is 29.8 Å². The summed E-state index contributed by atoms with van der Waals surface area (Å²) in [6.45, 7) is 8.68. The number of hydrogen-bond acceptors (Lipinski definition) is 5. The lowest BCUT2D eigenvalue weighted by Crippen LogP contribution is -2.40. The van der Waals surface area contributed by atoms with E-state index in [4.69, 9.17) is 9.57 Å². The topological polar surface area (TPSA) is 71.1 Å². The van der Waals surface area contributed by atoms with Crippen LogP contribution in [0, 0.1) is 0 Å². The second-order valence-corrected chi connectivity index (χ2v) is 7.94. The first-order valence-corrected chi connectivity index (χ1v) is 11.5. The summed E-state index contributed by atoms with van der Waals surface area (Å²) in [5.74, 6) is 1.87. The molecule has 0 saturated heterocycles. The summed E-state index contributed by atoms with van der Waals surface area (Å²) >= 11 is 0. The number of likely N-dealkylation sites (N-methyl/N-ethyl adjacent to an activating group) is 2. The van der Waals surface area contributed by atoms with E-state index < -0.39 is 0 Å². The minimum Gasteiger partial charge on any atom is -0.492 e. The zero-order chi connectivity index (χ0) is 24.9. The number of benzene rings is 1. The minimum absolute atomic E-state index is 0.130. The highest BCUT2D eigenvalue weighted by atomic mass is 16.6. The highest BCUT2D eigenvalue weighted by Gasteiger charge is 2.32. The molecule has 1 amide bonds. The summed E-state index contributed by atoms with van der Waals surface area (Å²) in [7, 11) is 3.38. The summed E-state index contributed by atoms with van der Waals surface area (Å²) in [6.07, 6.45) is 7.59. The lowest BCUT2D eigenvalue weighted by atomic mass is 10.1. The van der Waals surface area contributed by atoms with E-state index in [0.717, 1.165) is 22.2 Å². The molecule has 0 radical (unpaired) electrons. The molecule has 8 nitrogen and oxygen atoms in total. The van der Waals surface area contributed by atoms with E-state index >= 15 is 0 Å². The third-order valence-electron chi connectivity index (χ3n) is 5.98. The van der Waals surface area contributed by atoms with Crippen molar-refractivity contribution in [2.75, 3.05) is 32.2 Å². The molecule has 2 aromatic heterocycles. The largest absolute Gasteiger partial charge is 0.492 e. The van der Waals surface area contributed by atoms with Gasteiger partial charge in [0.2, 0.25) is 6.20 Å². The number of aromatic nitrogens is 2. The van der Waals surface area contributed by atoms with Gasteiger partial charge >= 0.3 is 0 Å². The number of aliphatic imine (C=N–C) groups is 1. The van der Waals surface area contributed by atoms with E-state index in [1.165, 1.54) is 6.20 Å². The Morgan fingerprint density at radius 1 is 1.26 bits per heavy atom. The van der Waals surface area contributed by atoms with Gasteiger partial charge in [0.25, 0.3) is 11.4 Å². The van der Waals surface area contributed by atoms with Gasteiger partial charge in [-0.3, -0.25) is 9.63 Å². The van der Waals surface area contributed by atoms with Gasteiger partial charge in [0.1, 0.15) is 18.7 Å². The Kier molecular flexibility index (Phi) is 7.10. The van der Waals surface area contributed by atoms with Gasteiger partial charge in [-0.1, -0.05) is 24.8 Å². The predicted molar refractivity (Wildman–Crippen MR) is 137 cm³/mol. The number of anilines is 1. The van der Waals surface area contributed by atoms with Crippen LogP contribution in [-0.2, 0) is 6.42 Å². The van der Waals surface area contributed by atoms with Gasteiger partial charge in [-0.05, 0) is 31.5 Å². The molecule has 0 fully saturated rings. The Bertz CT molecular complexity index is 1330. The molecular formula is C27H30N5O3+. The average Bonchev–Trinajstić information content (AvgIpc) is 2.97. The zero-order valence-electron chi connectivity index (χ0n) is 20.6. The van der Waals surface area contributed by atoms with Crippen LogP contribution in [0.5, 0.6) is 5.75 Å². The second kappa shape index (κ2) is 10.4. The highest BCUT2D eigenvalue weighted by Crippen LogP contribution is 2.29. The van der Waals surface area contributed by atoms with Gasteiger partial charge in [0.15, 0.2) is 5.84 Å². The molecule has 35 heavy (non-hydrogen) atoms. The van der Waals surface area contributed by atoms with Crippen molar-refractivity contribution in [3.05, 3.63) is 84.5 Å². The number of amides is 1. The monoisotopic (exact) mass is 472 g/mol. The van der Waals surface area contributed by atoms with Gasteiger partial charge < -0.3 is 14.5 Å². The Morgan fingerprint density at radius 2 is 2.06 bits per heavy atom. The average molecular weight is 473 g/mol. The second-order valence-electron chi connectivity index (χ2n) is 7.94. The number of hydrogen-bond donors (Lipinski definition) is 0. The molecule has 0 unspecified atom stereocenters. The van der Waals surface area contributed by atoms with Gasteiger partial charge in [0, 0.05) is 49.3 Å². The number of rotatable bonds is 7. The number of carbonyl (C=O) groups is 1. The summed E-state index contributed by atoms with van der Waals surface area (Å²) in [4.78, 5) is 31.4. The molecule has 0 N–H and O–H groups in total. The smallest absolute Gasteiger partial charge is 0.268 e. The quantitative estimate of drug-likeness (QED) is 0.492. The van der Waals surface area contributed by atoms with Gasteiger partial charge in [0.05, 0.1) is 23.3 Å². The number of nitrogens with zero attached hydrogens (tertiary/aromatic N) is 5. The van der Waals surface area contributed by atoms with Gasteiger partial charge in [-0.25, -0.2) is 9.98 Å². The molecular weight excluding hydrogens is 442 g/mol. The normalized spacial score (nSPS) is 15.9. The Labute approximate surface area is 205 Å². The number of pyridine rings is 2. The fourth-order valence-electron chi connectivity index (χ4n) is 4.28. The van der Waals surface area contributed by atoms with E-state index in [1.54, 1.807) is 30.0 Å². The molecule has 0 atom stereocenters. The lowest BCUT2D eigenvalue weighted by molar-refractivity contribution is -0.865. The summed E-state index contributed by atoms with van der Waals surface area (Å²) in [5, 5.41) is 0.959. The van der Waals surface area contributed by atoms with Crippen LogP contribution in [0.15, 0.2) is 78.3 Å². The number of allylic oxidation sites excluding steroid dienone is 1. The van der Waals surface area contributed by atoms with Crippen molar-refractivity contribution < 1.29 is 19.1 Å². The molecule has 1 aliphatic heterocycles. The van der Waals surface area contributed by atoms with Crippen LogP contribution >= 0.6 is 0 Å². The van der Waals surface area contributed by atoms with Crippen molar-refractivity contribution in [2.45, 2.75) is 20.3 Å². The SMILES string of the molecule is C=CN=C1/C(=C\C)N(C)C(=O)c2cc(CCOc3cc[n+](OC)c4ccccc34)cnc2N1CC. The first-order chi connectivity index (χ1) is 17.0. The van der Waals surface area contributed by atoms with E-state index in [2.05, 4.69) is 16.6 Å². The maximum atomic E-state index is 13.4. The maximum Gasteiger partial charge on any atom is 0.268 e. The number of carbonyl (C=O) groups excluding carboxylic acids is 1. The zero-order valence-corrected chi connectivity index (χ0v) is 20.6. The van der Waals surface area contributed by atoms with Gasteiger partial charge in [-0.2, -0.15) is 0 Å². The minimum atomic E-state index is -0.130. The Morgan fingerprint density at radius 3 is 2.77 bits per heavy atom.